The molecule has 2 N–H and O–H groups in total. The van der Waals surface area contributed by atoms with Gasteiger partial charge in [-0.1, -0.05) is 12.1 Å². The maximum absolute atomic E-state index is 11.6. The maximum Gasteiger partial charge on any atom is 0.315 e. The number of methoxy groups -OCH3 is 1. The van der Waals surface area contributed by atoms with Crippen molar-refractivity contribution in [1.82, 2.24) is 5.32 Å². The predicted molar refractivity (Wildman–Crippen MR) is 81.8 cm³/mol. The lowest BCUT2D eigenvalue weighted by Crippen LogP contribution is -2.18. The van der Waals surface area contributed by atoms with Crippen LogP contribution in [0.15, 0.2) is 24.3 Å². The zero-order valence-electron chi connectivity index (χ0n) is 11.8. The van der Waals surface area contributed by atoms with Crippen molar-refractivity contribution in [2.24, 2.45) is 0 Å². The second-order valence-electron chi connectivity index (χ2n) is 4.17. The first-order chi connectivity index (χ1) is 9.65. The van der Waals surface area contributed by atoms with Gasteiger partial charge in [-0.25, -0.2) is 0 Å². The third kappa shape index (κ3) is 6.58. The molecule has 1 aromatic rings. The molecule has 5 nitrogen and oxygen atoms in total. The molecule has 0 spiro atoms. The highest BCUT2D eigenvalue weighted by molar-refractivity contribution is 7.99. The molecule has 0 atom stereocenters. The predicted octanol–water partition coefficient (Wildman–Crippen LogP) is 1.64. The summed E-state index contributed by atoms with van der Waals surface area (Å²) < 4.78 is 4.58. The van der Waals surface area contributed by atoms with Crippen LogP contribution in [0.2, 0.25) is 0 Å². The first kappa shape index (κ1) is 16.5. The van der Waals surface area contributed by atoms with Gasteiger partial charge in [0.25, 0.3) is 0 Å². The molecule has 1 aromatic carbocycles. The second kappa shape index (κ2) is 9.39. The van der Waals surface area contributed by atoms with E-state index in [-0.39, 0.29) is 11.9 Å². The average molecular weight is 296 g/mol. The summed E-state index contributed by atoms with van der Waals surface area (Å²) >= 11 is 1.48. The van der Waals surface area contributed by atoms with Crippen LogP contribution in [0.4, 0.5) is 5.69 Å². The van der Waals surface area contributed by atoms with Gasteiger partial charge in [-0.3, -0.25) is 9.59 Å². The Labute approximate surface area is 123 Å². The summed E-state index contributed by atoms with van der Waals surface area (Å²) in [5.41, 5.74) is 1.84. The van der Waals surface area contributed by atoms with E-state index in [0.29, 0.717) is 24.5 Å². The van der Waals surface area contributed by atoms with E-state index in [1.54, 1.807) is 0 Å². The molecule has 0 saturated heterocycles. The minimum Gasteiger partial charge on any atom is -0.468 e. The van der Waals surface area contributed by atoms with Crippen LogP contribution in [0.3, 0.4) is 0 Å². The number of benzene rings is 1. The second-order valence-corrected chi connectivity index (χ2v) is 5.16. The fourth-order valence-corrected chi connectivity index (χ4v) is 2.31. The van der Waals surface area contributed by atoms with Crippen molar-refractivity contribution >= 4 is 29.3 Å². The summed E-state index contributed by atoms with van der Waals surface area (Å²) in [7, 11) is 3.19. The van der Waals surface area contributed by atoms with E-state index in [4.69, 9.17) is 0 Å². The lowest BCUT2D eigenvalue weighted by atomic mass is 10.2. The summed E-state index contributed by atoms with van der Waals surface area (Å²) in [6, 6.07) is 7.63. The Kier molecular flexibility index (Phi) is 7.75. The molecule has 1 rings (SSSR count). The van der Waals surface area contributed by atoms with Gasteiger partial charge in [0.1, 0.15) is 0 Å². The van der Waals surface area contributed by atoms with Crippen molar-refractivity contribution in [2.45, 2.75) is 12.2 Å². The van der Waals surface area contributed by atoms with Gasteiger partial charge in [-0.15, -0.1) is 11.8 Å². The fraction of sp³-hybridized carbons (Fsp3) is 0.429. The van der Waals surface area contributed by atoms with Crippen LogP contribution in [-0.2, 0) is 20.1 Å². The number of thioether (sulfide) groups is 1. The Balaban J connectivity index is 2.44. The lowest BCUT2D eigenvalue weighted by Gasteiger charge is -2.07. The summed E-state index contributed by atoms with van der Waals surface area (Å²) in [6.07, 6.45) is 0.442. The molecule has 0 bridgehead atoms. The Morgan fingerprint density at radius 2 is 2.15 bits per heavy atom. The Morgan fingerprint density at radius 3 is 2.85 bits per heavy atom. The van der Waals surface area contributed by atoms with Gasteiger partial charge in [0.15, 0.2) is 0 Å². The molecule has 0 aliphatic carbocycles. The number of amides is 1. The highest BCUT2D eigenvalue weighted by Gasteiger charge is 2.04. The van der Waals surface area contributed by atoms with Crippen molar-refractivity contribution in [1.29, 1.82) is 0 Å². The van der Waals surface area contributed by atoms with Gasteiger partial charge < -0.3 is 15.4 Å². The molecule has 0 fully saturated rings. The van der Waals surface area contributed by atoms with Crippen molar-refractivity contribution in [3.8, 4) is 0 Å². The number of ether oxygens (including phenoxy) is 1. The van der Waals surface area contributed by atoms with Gasteiger partial charge in [0.2, 0.25) is 5.91 Å². The number of nitrogens with one attached hydrogen (secondary N) is 2. The number of hydrogen-bond acceptors (Lipinski definition) is 5. The molecule has 0 unspecified atom stereocenters. The van der Waals surface area contributed by atoms with E-state index in [0.717, 1.165) is 11.3 Å². The molecule has 20 heavy (non-hydrogen) atoms. The van der Waals surface area contributed by atoms with Crippen molar-refractivity contribution in [3.05, 3.63) is 29.8 Å². The van der Waals surface area contributed by atoms with Gasteiger partial charge in [0.05, 0.1) is 12.9 Å². The van der Waals surface area contributed by atoms with Crippen LogP contribution in [0.5, 0.6) is 0 Å². The standard InChI is InChI=1S/C14H20N2O3S/c1-15-7-6-13(17)16-12-5-3-4-11(8-12)9-20-10-14(18)19-2/h3-5,8,15H,6-7,9-10H2,1-2H3,(H,16,17). The van der Waals surface area contributed by atoms with Crippen LogP contribution >= 0.6 is 11.8 Å². The summed E-state index contributed by atoms with van der Waals surface area (Å²) in [4.78, 5) is 22.6. The van der Waals surface area contributed by atoms with Gasteiger partial charge >= 0.3 is 5.97 Å². The smallest absolute Gasteiger partial charge is 0.315 e. The molecule has 0 aliphatic rings. The van der Waals surface area contributed by atoms with E-state index in [2.05, 4.69) is 15.4 Å². The molecule has 0 aliphatic heterocycles. The van der Waals surface area contributed by atoms with Gasteiger partial charge in [0, 0.05) is 24.4 Å². The van der Waals surface area contributed by atoms with E-state index in [1.807, 2.05) is 31.3 Å². The molecule has 0 saturated carbocycles. The maximum atomic E-state index is 11.6. The highest BCUT2D eigenvalue weighted by Crippen LogP contribution is 2.16. The highest BCUT2D eigenvalue weighted by atomic mass is 32.2. The van der Waals surface area contributed by atoms with Gasteiger partial charge in [-0.2, -0.15) is 0 Å². The van der Waals surface area contributed by atoms with E-state index in [1.165, 1.54) is 18.9 Å². The normalized spacial score (nSPS) is 10.1. The molecular weight excluding hydrogens is 276 g/mol. The molecule has 110 valence electrons. The largest absolute Gasteiger partial charge is 0.468 e. The van der Waals surface area contributed by atoms with Crippen molar-refractivity contribution in [2.75, 3.05) is 31.8 Å². The molecule has 0 aromatic heterocycles. The average Bonchev–Trinajstić information content (AvgIpc) is 2.45. The molecule has 6 heteroatoms. The van der Waals surface area contributed by atoms with Crippen LogP contribution in [0.25, 0.3) is 0 Å². The zero-order chi connectivity index (χ0) is 14.8. The van der Waals surface area contributed by atoms with Crippen molar-refractivity contribution in [3.63, 3.8) is 0 Å². The SMILES string of the molecule is CNCCC(=O)Nc1cccc(CSCC(=O)OC)c1. The first-order valence-corrected chi connectivity index (χ1v) is 7.49. The third-order valence-corrected chi connectivity index (χ3v) is 3.51. The van der Waals surface area contributed by atoms with E-state index in [9.17, 15) is 9.59 Å². The topological polar surface area (TPSA) is 67.4 Å². The summed E-state index contributed by atoms with van der Waals surface area (Å²) in [5.74, 6) is 0.787. The number of esters is 1. The first-order valence-electron chi connectivity index (χ1n) is 6.33. The molecule has 0 radical (unpaired) electrons. The number of carbonyl (C=O) groups excluding carboxylic acids is 2. The Hall–Kier alpha value is -1.53. The zero-order valence-corrected chi connectivity index (χ0v) is 12.6. The minimum absolute atomic E-state index is 0.0151. The quantitative estimate of drug-likeness (QED) is 0.714. The number of anilines is 1. The monoisotopic (exact) mass is 296 g/mol. The lowest BCUT2D eigenvalue weighted by molar-refractivity contribution is -0.137. The number of rotatable bonds is 8. The minimum atomic E-state index is -0.230. The Bertz CT molecular complexity index is 452. The van der Waals surface area contributed by atoms with E-state index < -0.39 is 0 Å². The summed E-state index contributed by atoms with van der Waals surface area (Å²) in [6.45, 7) is 0.653. The van der Waals surface area contributed by atoms with Crippen LogP contribution in [0.1, 0.15) is 12.0 Å². The van der Waals surface area contributed by atoms with E-state index >= 15 is 0 Å². The van der Waals surface area contributed by atoms with Crippen LogP contribution in [0, 0.1) is 0 Å². The number of carbonyl (C=O) groups is 2. The molecule has 0 heterocycles. The fourth-order valence-electron chi connectivity index (χ4n) is 1.51. The number of hydrogen-bond donors (Lipinski definition) is 2. The van der Waals surface area contributed by atoms with Gasteiger partial charge in [-0.05, 0) is 24.7 Å². The van der Waals surface area contributed by atoms with Crippen LogP contribution in [-0.4, -0.2) is 38.3 Å². The van der Waals surface area contributed by atoms with Crippen molar-refractivity contribution < 1.29 is 14.3 Å². The van der Waals surface area contributed by atoms with Crippen LogP contribution < -0.4 is 10.6 Å². The Morgan fingerprint density at radius 1 is 1.35 bits per heavy atom. The third-order valence-electron chi connectivity index (χ3n) is 2.53. The molecular formula is C14H20N2O3S. The molecule has 1 amide bonds. The summed E-state index contributed by atoms with van der Waals surface area (Å²) in [5, 5.41) is 5.78.